The zero-order valence-corrected chi connectivity index (χ0v) is 20.7. The average molecular weight is 483 g/mol. The smallest absolute Gasteiger partial charge is 0.407 e. The number of carboxylic acid groups (broad SMARTS) is 1. The molecule has 8 heteroatoms. The summed E-state index contributed by atoms with van der Waals surface area (Å²) in [6, 6.07) is 14.9. The van der Waals surface area contributed by atoms with Crippen molar-refractivity contribution in [3.63, 3.8) is 0 Å². The Morgan fingerprint density at radius 3 is 2.11 bits per heavy atom. The molecule has 2 atom stereocenters. The second-order valence-electron chi connectivity index (χ2n) is 9.54. The van der Waals surface area contributed by atoms with Crippen LogP contribution in [0.15, 0.2) is 48.5 Å². The normalized spacial score (nSPS) is 14.4. The molecule has 0 bridgehead atoms. The number of ether oxygens (including phenoxy) is 2. The molecule has 35 heavy (non-hydrogen) atoms. The maximum Gasteiger partial charge on any atom is 0.407 e. The molecule has 0 aliphatic heterocycles. The van der Waals surface area contributed by atoms with Crippen molar-refractivity contribution in [2.45, 2.75) is 63.6 Å². The van der Waals surface area contributed by atoms with E-state index < -0.39 is 29.6 Å². The second kappa shape index (κ2) is 11.4. The number of rotatable bonds is 11. The van der Waals surface area contributed by atoms with Crippen LogP contribution < -0.4 is 10.6 Å². The molecular weight excluding hydrogens is 448 g/mol. The quantitative estimate of drug-likeness (QED) is 0.445. The molecular formula is C27H34N2O6. The summed E-state index contributed by atoms with van der Waals surface area (Å²) in [6.45, 7) is 5.50. The van der Waals surface area contributed by atoms with Gasteiger partial charge in [0.15, 0.2) is 0 Å². The van der Waals surface area contributed by atoms with E-state index in [0.29, 0.717) is 6.42 Å². The maximum absolute atomic E-state index is 12.4. The van der Waals surface area contributed by atoms with Crippen molar-refractivity contribution in [2.75, 3.05) is 13.7 Å². The van der Waals surface area contributed by atoms with Gasteiger partial charge in [0.2, 0.25) is 5.91 Å². The van der Waals surface area contributed by atoms with E-state index in [9.17, 15) is 19.5 Å². The van der Waals surface area contributed by atoms with Crippen LogP contribution >= 0.6 is 0 Å². The topological polar surface area (TPSA) is 114 Å². The number of benzene rings is 2. The molecule has 1 aliphatic rings. The van der Waals surface area contributed by atoms with Crippen LogP contribution in [-0.2, 0) is 19.1 Å². The number of methoxy groups -OCH3 is 1. The molecule has 2 amide bonds. The predicted octanol–water partition coefficient (Wildman–Crippen LogP) is 4.08. The summed E-state index contributed by atoms with van der Waals surface area (Å²) >= 11 is 0. The van der Waals surface area contributed by atoms with Gasteiger partial charge in [0, 0.05) is 31.9 Å². The SMILES string of the molecule is COC(C)(C)CC(NC(=O)CCC(C)NC(=O)OCC1c2ccccc2-c2ccccc21)C(=O)O. The fourth-order valence-corrected chi connectivity index (χ4v) is 4.30. The Morgan fingerprint density at radius 1 is 1.00 bits per heavy atom. The Balaban J connectivity index is 1.46. The highest BCUT2D eigenvalue weighted by molar-refractivity contribution is 5.83. The molecule has 3 rings (SSSR count). The molecule has 1 aliphatic carbocycles. The van der Waals surface area contributed by atoms with Gasteiger partial charge < -0.3 is 25.2 Å². The first-order chi connectivity index (χ1) is 16.6. The van der Waals surface area contributed by atoms with Gasteiger partial charge in [-0.3, -0.25) is 4.79 Å². The first-order valence-electron chi connectivity index (χ1n) is 11.8. The summed E-state index contributed by atoms with van der Waals surface area (Å²) in [6.07, 6.45) is 0.000863. The van der Waals surface area contributed by atoms with Crippen LogP contribution in [0.2, 0.25) is 0 Å². The molecule has 3 N–H and O–H groups in total. The van der Waals surface area contributed by atoms with Gasteiger partial charge in [0.05, 0.1) is 5.60 Å². The van der Waals surface area contributed by atoms with E-state index in [1.807, 2.05) is 24.3 Å². The molecule has 0 spiro atoms. The Kier molecular flexibility index (Phi) is 8.51. The Morgan fingerprint density at radius 2 is 1.57 bits per heavy atom. The molecule has 0 radical (unpaired) electrons. The lowest BCUT2D eigenvalue weighted by atomic mass is 9.98. The van der Waals surface area contributed by atoms with Crippen molar-refractivity contribution in [1.82, 2.24) is 10.6 Å². The third-order valence-electron chi connectivity index (χ3n) is 6.39. The summed E-state index contributed by atoms with van der Waals surface area (Å²) in [5.41, 5.74) is 3.90. The summed E-state index contributed by atoms with van der Waals surface area (Å²) in [4.78, 5) is 36.2. The van der Waals surface area contributed by atoms with Gasteiger partial charge in [-0.25, -0.2) is 9.59 Å². The number of carbonyl (C=O) groups excluding carboxylic acids is 2. The van der Waals surface area contributed by atoms with Crippen molar-refractivity contribution < 1.29 is 29.0 Å². The number of carbonyl (C=O) groups is 3. The Hall–Kier alpha value is -3.39. The third kappa shape index (κ3) is 6.82. The van der Waals surface area contributed by atoms with E-state index in [1.165, 1.54) is 7.11 Å². The highest BCUT2D eigenvalue weighted by Gasteiger charge is 2.30. The summed E-state index contributed by atoms with van der Waals surface area (Å²) in [5, 5.41) is 14.7. The van der Waals surface area contributed by atoms with Gasteiger partial charge >= 0.3 is 12.1 Å². The molecule has 188 valence electrons. The monoisotopic (exact) mass is 482 g/mol. The van der Waals surface area contributed by atoms with Crippen LogP contribution in [0.25, 0.3) is 11.1 Å². The minimum absolute atomic E-state index is 0.0291. The minimum atomic E-state index is -1.12. The van der Waals surface area contributed by atoms with Crippen molar-refractivity contribution in [3.8, 4) is 11.1 Å². The van der Waals surface area contributed by atoms with E-state index in [2.05, 4.69) is 34.9 Å². The fraction of sp³-hybridized carbons (Fsp3) is 0.444. The molecule has 2 unspecified atom stereocenters. The van der Waals surface area contributed by atoms with Gasteiger partial charge in [0.1, 0.15) is 12.6 Å². The number of nitrogens with one attached hydrogen (secondary N) is 2. The predicted molar refractivity (Wildman–Crippen MR) is 132 cm³/mol. The lowest BCUT2D eigenvalue weighted by molar-refractivity contribution is -0.144. The summed E-state index contributed by atoms with van der Waals surface area (Å²) in [5.74, 6) is -1.54. The van der Waals surface area contributed by atoms with Crippen LogP contribution in [-0.4, -0.2) is 54.5 Å². The van der Waals surface area contributed by atoms with Gasteiger partial charge in [-0.1, -0.05) is 48.5 Å². The highest BCUT2D eigenvalue weighted by Crippen LogP contribution is 2.44. The Bertz CT molecular complexity index is 1020. The zero-order valence-electron chi connectivity index (χ0n) is 20.7. The minimum Gasteiger partial charge on any atom is -0.480 e. The van der Waals surface area contributed by atoms with Gasteiger partial charge in [0.25, 0.3) is 0 Å². The van der Waals surface area contributed by atoms with E-state index in [0.717, 1.165) is 22.3 Å². The highest BCUT2D eigenvalue weighted by atomic mass is 16.5. The van der Waals surface area contributed by atoms with E-state index in [-0.39, 0.29) is 31.4 Å². The van der Waals surface area contributed by atoms with Crippen molar-refractivity contribution >= 4 is 18.0 Å². The molecule has 8 nitrogen and oxygen atoms in total. The number of hydrogen-bond donors (Lipinski definition) is 3. The fourth-order valence-electron chi connectivity index (χ4n) is 4.30. The zero-order chi connectivity index (χ0) is 25.6. The molecule has 0 saturated heterocycles. The first-order valence-corrected chi connectivity index (χ1v) is 11.8. The third-order valence-corrected chi connectivity index (χ3v) is 6.39. The van der Waals surface area contributed by atoms with Crippen LogP contribution in [0.3, 0.4) is 0 Å². The number of aliphatic carboxylic acids is 1. The molecule has 0 aromatic heterocycles. The average Bonchev–Trinajstić information content (AvgIpc) is 3.14. The van der Waals surface area contributed by atoms with Crippen molar-refractivity contribution in [1.29, 1.82) is 0 Å². The van der Waals surface area contributed by atoms with Crippen LogP contribution in [0.5, 0.6) is 0 Å². The largest absolute Gasteiger partial charge is 0.480 e. The van der Waals surface area contributed by atoms with Crippen molar-refractivity contribution in [3.05, 3.63) is 59.7 Å². The van der Waals surface area contributed by atoms with Gasteiger partial charge in [-0.05, 0) is 49.4 Å². The molecule has 2 aromatic carbocycles. The Labute approximate surface area is 206 Å². The van der Waals surface area contributed by atoms with E-state index in [4.69, 9.17) is 9.47 Å². The molecule has 0 fully saturated rings. The van der Waals surface area contributed by atoms with Crippen LogP contribution in [0, 0.1) is 0 Å². The van der Waals surface area contributed by atoms with Gasteiger partial charge in [-0.15, -0.1) is 0 Å². The van der Waals surface area contributed by atoms with E-state index >= 15 is 0 Å². The van der Waals surface area contributed by atoms with Gasteiger partial charge in [-0.2, -0.15) is 0 Å². The molecule has 0 saturated carbocycles. The number of hydrogen-bond acceptors (Lipinski definition) is 5. The number of carboxylic acids is 1. The maximum atomic E-state index is 12.4. The van der Waals surface area contributed by atoms with Crippen LogP contribution in [0.4, 0.5) is 4.79 Å². The first kappa shape index (κ1) is 26.2. The summed E-state index contributed by atoms with van der Waals surface area (Å²) in [7, 11) is 1.50. The molecule has 2 aromatic rings. The number of alkyl carbamates (subject to hydrolysis) is 1. The molecule has 0 heterocycles. The van der Waals surface area contributed by atoms with Crippen molar-refractivity contribution in [2.24, 2.45) is 0 Å². The number of fused-ring (bicyclic) bond motifs is 3. The number of amides is 2. The standard InChI is InChI=1S/C27H34N2O6/c1-17(13-14-24(30)29-23(25(31)32)15-27(2,3)34-4)28-26(33)35-16-22-20-11-7-5-9-18(20)19-10-6-8-12-21(19)22/h5-12,17,22-23H,13-16H2,1-4H3,(H,28,33)(H,29,30)(H,31,32). The lowest BCUT2D eigenvalue weighted by Gasteiger charge is -2.27. The van der Waals surface area contributed by atoms with E-state index in [1.54, 1.807) is 20.8 Å². The second-order valence-corrected chi connectivity index (χ2v) is 9.54. The summed E-state index contributed by atoms with van der Waals surface area (Å²) < 4.78 is 10.8. The van der Waals surface area contributed by atoms with Crippen LogP contribution in [0.1, 0.15) is 57.1 Å². The lowest BCUT2D eigenvalue weighted by Crippen LogP contribution is -2.46.